The number of nitrogens with zero attached hydrogens (tertiary/aromatic N) is 1. The number of amidine groups is 1. The fraction of sp³-hybridized carbons (Fsp3) is 0.857. The lowest BCUT2D eigenvalue weighted by atomic mass is 9.83. The van der Waals surface area contributed by atoms with E-state index in [1.165, 1.54) is 19.3 Å². The third-order valence-corrected chi connectivity index (χ3v) is 4.84. The SMILES string of the molecule is CC1CCC(CNC(=O)C2(C(N)=NO)CCCC2)C1. The molecule has 5 heteroatoms. The third kappa shape index (κ3) is 2.85. The highest BCUT2D eigenvalue weighted by atomic mass is 16.4. The fourth-order valence-electron chi connectivity index (χ4n) is 3.59. The van der Waals surface area contributed by atoms with E-state index in [1.807, 2.05) is 0 Å². The summed E-state index contributed by atoms with van der Waals surface area (Å²) in [6, 6.07) is 0. The number of nitrogens with one attached hydrogen (secondary N) is 1. The first kappa shape index (κ1) is 14.2. The molecule has 0 aromatic rings. The molecule has 0 heterocycles. The number of hydrogen-bond acceptors (Lipinski definition) is 3. The topological polar surface area (TPSA) is 87.7 Å². The highest BCUT2D eigenvalue weighted by molar-refractivity contribution is 6.07. The van der Waals surface area contributed by atoms with E-state index in [4.69, 9.17) is 10.9 Å². The van der Waals surface area contributed by atoms with E-state index in [-0.39, 0.29) is 11.7 Å². The van der Waals surface area contributed by atoms with E-state index >= 15 is 0 Å². The van der Waals surface area contributed by atoms with Crippen LogP contribution in [0.1, 0.15) is 51.9 Å². The van der Waals surface area contributed by atoms with E-state index in [1.54, 1.807) is 0 Å². The van der Waals surface area contributed by atoms with Crippen molar-refractivity contribution in [2.45, 2.75) is 51.9 Å². The highest BCUT2D eigenvalue weighted by Gasteiger charge is 2.45. The second kappa shape index (κ2) is 5.80. The molecule has 1 amide bonds. The molecule has 0 saturated heterocycles. The molecule has 2 aliphatic carbocycles. The van der Waals surface area contributed by atoms with Gasteiger partial charge >= 0.3 is 0 Å². The second-order valence-electron chi connectivity index (χ2n) is 6.27. The summed E-state index contributed by atoms with van der Waals surface area (Å²) in [4.78, 5) is 12.4. The van der Waals surface area contributed by atoms with Crippen LogP contribution in [0.25, 0.3) is 0 Å². The van der Waals surface area contributed by atoms with Gasteiger partial charge in [0, 0.05) is 6.54 Å². The van der Waals surface area contributed by atoms with Gasteiger partial charge in [0.1, 0.15) is 5.41 Å². The molecule has 0 spiro atoms. The normalized spacial score (nSPS) is 30.5. The molecule has 2 unspecified atom stereocenters. The summed E-state index contributed by atoms with van der Waals surface area (Å²) in [6.07, 6.45) is 6.95. The summed E-state index contributed by atoms with van der Waals surface area (Å²) in [5, 5.41) is 15.0. The van der Waals surface area contributed by atoms with Crippen molar-refractivity contribution in [3.8, 4) is 0 Å². The molecular formula is C14H25N3O2. The third-order valence-electron chi connectivity index (χ3n) is 4.84. The van der Waals surface area contributed by atoms with Crippen molar-refractivity contribution < 1.29 is 10.0 Å². The minimum Gasteiger partial charge on any atom is -0.409 e. The number of carbonyl (C=O) groups excluding carboxylic acids is 1. The number of hydrogen-bond donors (Lipinski definition) is 3. The number of rotatable bonds is 4. The molecule has 2 saturated carbocycles. The van der Waals surface area contributed by atoms with Crippen LogP contribution in [0.15, 0.2) is 5.16 Å². The molecule has 108 valence electrons. The first-order valence-electron chi connectivity index (χ1n) is 7.35. The maximum Gasteiger partial charge on any atom is 0.233 e. The van der Waals surface area contributed by atoms with Crippen molar-refractivity contribution in [1.82, 2.24) is 5.32 Å². The van der Waals surface area contributed by atoms with E-state index in [9.17, 15) is 4.79 Å². The number of amides is 1. The molecule has 0 radical (unpaired) electrons. The monoisotopic (exact) mass is 267 g/mol. The van der Waals surface area contributed by atoms with Crippen LogP contribution in [0.4, 0.5) is 0 Å². The van der Waals surface area contributed by atoms with Crippen LogP contribution in [0.2, 0.25) is 0 Å². The van der Waals surface area contributed by atoms with Gasteiger partial charge in [-0.2, -0.15) is 0 Å². The minimum atomic E-state index is -0.765. The predicted octanol–water partition coefficient (Wildman–Crippen LogP) is 1.85. The van der Waals surface area contributed by atoms with Gasteiger partial charge in [-0.3, -0.25) is 4.79 Å². The first-order valence-corrected chi connectivity index (χ1v) is 7.35. The van der Waals surface area contributed by atoms with E-state index in [2.05, 4.69) is 17.4 Å². The van der Waals surface area contributed by atoms with Gasteiger partial charge in [-0.1, -0.05) is 31.3 Å². The van der Waals surface area contributed by atoms with Gasteiger partial charge in [-0.05, 0) is 37.5 Å². The Balaban J connectivity index is 1.93. The molecule has 5 nitrogen and oxygen atoms in total. The Morgan fingerprint density at radius 1 is 1.42 bits per heavy atom. The van der Waals surface area contributed by atoms with Crippen LogP contribution in [0, 0.1) is 17.3 Å². The zero-order valence-corrected chi connectivity index (χ0v) is 11.7. The summed E-state index contributed by atoms with van der Waals surface area (Å²) in [7, 11) is 0. The number of nitrogens with two attached hydrogens (primary N) is 1. The summed E-state index contributed by atoms with van der Waals surface area (Å²) < 4.78 is 0. The van der Waals surface area contributed by atoms with Crippen LogP contribution in [-0.2, 0) is 4.79 Å². The van der Waals surface area contributed by atoms with Crippen LogP contribution in [0.3, 0.4) is 0 Å². The van der Waals surface area contributed by atoms with Crippen molar-refractivity contribution in [1.29, 1.82) is 0 Å². The van der Waals surface area contributed by atoms with Crippen molar-refractivity contribution in [2.75, 3.05) is 6.54 Å². The maximum absolute atomic E-state index is 12.4. The molecule has 0 aromatic carbocycles. The van der Waals surface area contributed by atoms with Crippen molar-refractivity contribution in [3.63, 3.8) is 0 Å². The van der Waals surface area contributed by atoms with E-state index < -0.39 is 5.41 Å². The predicted molar refractivity (Wildman–Crippen MR) is 73.8 cm³/mol. The minimum absolute atomic E-state index is 0.0557. The lowest BCUT2D eigenvalue weighted by Crippen LogP contribution is -2.49. The molecule has 4 N–H and O–H groups in total. The Bertz CT molecular complexity index is 362. The van der Waals surface area contributed by atoms with Crippen LogP contribution in [-0.4, -0.2) is 23.5 Å². The Morgan fingerprint density at radius 2 is 2.11 bits per heavy atom. The summed E-state index contributed by atoms with van der Waals surface area (Å²) in [5.74, 6) is 1.37. The Kier molecular flexibility index (Phi) is 4.32. The van der Waals surface area contributed by atoms with Crippen molar-refractivity contribution >= 4 is 11.7 Å². The fourth-order valence-corrected chi connectivity index (χ4v) is 3.59. The molecular weight excluding hydrogens is 242 g/mol. The molecule has 0 bridgehead atoms. The van der Waals surface area contributed by atoms with Gasteiger partial charge < -0.3 is 16.3 Å². The molecule has 2 atom stereocenters. The molecule has 2 aliphatic rings. The largest absolute Gasteiger partial charge is 0.409 e. The first-order chi connectivity index (χ1) is 9.08. The van der Waals surface area contributed by atoms with Gasteiger partial charge in [-0.15, -0.1) is 0 Å². The Morgan fingerprint density at radius 3 is 2.63 bits per heavy atom. The van der Waals surface area contributed by atoms with Crippen molar-refractivity contribution in [2.24, 2.45) is 28.1 Å². The van der Waals surface area contributed by atoms with Crippen molar-refractivity contribution in [3.05, 3.63) is 0 Å². The summed E-state index contributed by atoms with van der Waals surface area (Å²) >= 11 is 0. The smallest absolute Gasteiger partial charge is 0.233 e. The Hall–Kier alpha value is -1.26. The molecule has 0 aromatic heterocycles. The maximum atomic E-state index is 12.4. The van der Waals surface area contributed by atoms with Crippen LogP contribution in [0.5, 0.6) is 0 Å². The van der Waals surface area contributed by atoms with Crippen LogP contribution >= 0.6 is 0 Å². The zero-order valence-electron chi connectivity index (χ0n) is 11.7. The van der Waals surface area contributed by atoms with Gasteiger partial charge in [-0.25, -0.2) is 0 Å². The van der Waals surface area contributed by atoms with Gasteiger partial charge in [0.25, 0.3) is 0 Å². The second-order valence-corrected chi connectivity index (χ2v) is 6.27. The lowest BCUT2D eigenvalue weighted by molar-refractivity contribution is -0.127. The quantitative estimate of drug-likeness (QED) is 0.314. The van der Waals surface area contributed by atoms with Gasteiger partial charge in [0.15, 0.2) is 5.84 Å². The van der Waals surface area contributed by atoms with E-state index in [0.717, 1.165) is 25.3 Å². The van der Waals surface area contributed by atoms with E-state index in [0.29, 0.717) is 18.8 Å². The average Bonchev–Trinajstić information content (AvgIpc) is 3.04. The zero-order chi connectivity index (χ0) is 13.9. The van der Waals surface area contributed by atoms with Gasteiger partial charge in [0.2, 0.25) is 5.91 Å². The summed E-state index contributed by atoms with van der Waals surface area (Å²) in [6.45, 7) is 2.99. The number of oxime groups is 1. The highest BCUT2D eigenvalue weighted by Crippen LogP contribution is 2.39. The molecule has 0 aliphatic heterocycles. The average molecular weight is 267 g/mol. The molecule has 19 heavy (non-hydrogen) atoms. The lowest BCUT2D eigenvalue weighted by Gasteiger charge is -2.26. The summed E-state index contributed by atoms with van der Waals surface area (Å²) in [5.41, 5.74) is 4.99. The molecule has 2 fully saturated rings. The molecule has 2 rings (SSSR count). The standard InChI is InChI=1S/C14H25N3O2/c1-10-4-5-11(8-10)9-16-13(18)14(12(15)17-19)6-2-3-7-14/h10-11,19H,2-9H2,1H3,(H2,15,17)(H,16,18). The Labute approximate surface area is 114 Å². The van der Waals surface area contributed by atoms with Gasteiger partial charge in [0.05, 0.1) is 0 Å². The van der Waals surface area contributed by atoms with Crippen LogP contribution < -0.4 is 11.1 Å². The number of carbonyl (C=O) groups is 1.